The normalized spacial score (nSPS) is 10.0. The van der Waals surface area contributed by atoms with Gasteiger partial charge in [0.25, 0.3) is 0 Å². The lowest BCUT2D eigenvalue weighted by Crippen LogP contribution is -1.94. The number of rotatable bonds is 4. The highest BCUT2D eigenvalue weighted by atomic mass is 79.9. The van der Waals surface area contributed by atoms with E-state index in [1.54, 1.807) is 6.07 Å². The highest BCUT2D eigenvalue weighted by Gasteiger charge is 2.00. The third kappa shape index (κ3) is 2.94. The van der Waals surface area contributed by atoms with Crippen LogP contribution in [0.25, 0.3) is 0 Å². The van der Waals surface area contributed by atoms with Crippen LogP contribution in [-0.2, 0) is 11.3 Å². The van der Waals surface area contributed by atoms with E-state index in [1.807, 2.05) is 19.1 Å². The lowest BCUT2D eigenvalue weighted by Gasteiger charge is -2.04. The number of ether oxygens (including phenoxy) is 1. The quantitative estimate of drug-likeness (QED) is 0.760. The van der Waals surface area contributed by atoms with E-state index >= 15 is 0 Å². The second-order valence-electron chi connectivity index (χ2n) is 2.61. The molecule has 0 heterocycles. The molecule has 1 aromatic carbocycles. The summed E-state index contributed by atoms with van der Waals surface area (Å²) in [5.41, 5.74) is 1.68. The summed E-state index contributed by atoms with van der Waals surface area (Å²) >= 11 is 3.39. The first kappa shape index (κ1) is 10.4. The summed E-state index contributed by atoms with van der Waals surface area (Å²) < 4.78 is 6.23. The van der Waals surface area contributed by atoms with Crippen molar-refractivity contribution >= 4 is 22.2 Å². The number of carbonyl (C=O) groups excluding carboxylic acids is 1. The molecule has 0 fully saturated rings. The summed E-state index contributed by atoms with van der Waals surface area (Å²) in [6.45, 7) is 3.16. The molecule has 0 bridgehead atoms. The smallest absolute Gasteiger partial charge is 0.150 e. The summed E-state index contributed by atoms with van der Waals surface area (Å²) in [5, 5.41) is 0. The van der Waals surface area contributed by atoms with E-state index in [4.69, 9.17) is 4.74 Å². The fraction of sp³-hybridized carbons (Fsp3) is 0.300. The first-order valence-electron chi connectivity index (χ1n) is 4.09. The van der Waals surface area contributed by atoms with Crippen LogP contribution in [0.5, 0.6) is 0 Å². The minimum atomic E-state index is 0.540. The van der Waals surface area contributed by atoms with Gasteiger partial charge in [0.1, 0.15) is 6.29 Å². The third-order valence-corrected chi connectivity index (χ3v) is 2.44. The molecule has 3 heteroatoms. The molecule has 0 N–H and O–H groups in total. The van der Waals surface area contributed by atoms with E-state index in [1.165, 1.54) is 0 Å². The second kappa shape index (κ2) is 5.14. The van der Waals surface area contributed by atoms with Crippen LogP contribution in [0.1, 0.15) is 22.8 Å². The van der Waals surface area contributed by atoms with Gasteiger partial charge in [-0.25, -0.2) is 0 Å². The molecule has 70 valence electrons. The number of hydrogen-bond acceptors (Lipinski definition) is 2. The number of aldehydes is 1. The molecule has 0 saturated carbocycles. The van der Waals surface area contributed by atoms with Crippen molar-refractivity contribution in [2.75, 3.05) is 6.61 Å². The van der Waals surface area contributed by atoms with Gasteiger partial charge in [-0.1, -0.05) is 22.0 Å². The molecule has 0 radical (unpaired) electrons. The van der Waals surface area contributed by atoms with Crippen molar-refractivity contribution in [3.05, 3.63) is 33.8 Å². The van der Waals surface area contributed by atoms with Crippen molar-refractivity contribution in [1.29, 1.82) is 0 Å². The van der Waals surface area contributed by atoms with E-state index in [0.29, 0.717) is 18.8 Å². The molecule has 0 aliphatic heterocycles. The first-order chi connectivity index (χ1) is 6.27. The first-order valence-corrected chi connectivity index (χ1v) is 4.88. The Hall–Kier alpha value is -0.670. The third-order valence-electron chi connectivity index (χ3n) is 1.67. The maximum Gasteiger partial charge on any atom is 0.150 e. The fourth-order valence-corrected chi connectivity index (χ4v) is 1.35. The Morgan fingerprint density at radius 1 is 1.54 bits per heavy atom. The van der Waals surface area contributed by atoms with Gasteiger partial charge in [-0.3, -0.25) is 4.79 Å². The molecule has 0 unspecified atom stereocenters. The Bertz CT molecular complexity index is 297. The molecule has 1 rings (SSSR count). The van der Waals surface area contributed by atoms with Crippen LogP contribution in [0, 0.1) is 0 Å². The molecule has 0 spiro atoms. The van der Waals surface area contributed by atoms with Gasteiger partial charge < -0.3 is 4.74 Å². The molecular formula is C10H11BrO2. The largest absolute Gasteiger partial charge is 0.377 e. The minimum Gasteiger partial charge on any atom is -0.377 e. The van der Waals surface area contributed by atoms with Gasteiger partial charge >= 0.3 is 0 Å². The highest BCUT2D eigenvalue weighted by Crippen LogP contribution is 2.18. The molecule has 13 heavy (non-hydrogen) atoms. The van der Waals surface area contributed by atoms with Crippen LogP contribution in [0.4, 0.5) is 0 Å². The molecule has 1 aromatic rings. The van der Waals surface area contributed by atoms with Gasteiger partial charge in [-0.2, -0.15) is 0 Å². The Balaban J connectivity index is 2.83. The van der Waals surface area contributed by atoms with Crippen LogP contribution in [0.2, 0.25) is 0 Å². The Morgan fingerprint density at radius 3 is 2.92 bits per heavy atom. The predicted molar refractivity (Wildman–Crippen MR) is 54.9 cm³/mol. The van der Waals surface area contributed by atoms with Gasteiger partial charge in [0, 0.05) is 16.6 Å². The highest BCUT2D eigenvalue weighted by molar-refractivity contribution is 9.10. The number of benzene rings is 1. The number of halogens is 1. The average molecular weight is 243 g/mol. The van der Waals surface area contributed by atoms with E-state index in [2.05, 4.69) is 15.9 Å². The van der Waals surface area contributed by atoms with Crippen LogP contribution >= 0.6 is 15.9 Å². The molecule has 0 amide bonds. The fourth-order valence-electron chi connectivity index (χ4n) is 0.991. The van der Waals surface area contributed by atoms with Crippen LogP contribution < -0.4 is 0 Å². The van der Waals surface area contributed by atoms with Crippen molar-refractivity contribution in [1.82, 2.24) is 0 Å². The van der Waals surface area contributed by atoms with Crippen molar-refractivity contribution in [2.45, 2.75) is 13.5 Å². The topological polar surface area (TPSA) is 26.3 Å². The van der Waals surface area contributed by atoms with Crippen molar-refractivity contribution < 1.29 is 9.53 Å². The minimum absolute atomic E-state index is 0.540. The number of hydrogen-bond donors (Lipinski definition) is 0. The molecule has 0 saturated heterocycles. The van der Waals surface area contributed by atoms with E-state index in [0.717, 1.165) is 16.3 Å². The van der Waals surface area contributed by atoms with E-state index in [9.17, 15) is 4.79 Å². The summed E-state index contributed by atoms with van der Waals surface area (Å²) in [6, 6.07) is 5.46. The predicted octanol–water partition coefficient (Wildman–Crippen LogP) is 2.80. The van der Waals surface area contributed by atoms with Gasteiger partial charge in [0.05, 0.1) is 6.61 Å². The van der Waals surface area contributed by atoms with E-state index < -0.39 is 0 Å². The molecule has 0 aromatic heterocycles. The van der Waals surface area contributed by atoms with Gasteiger partial charge in [-0.15, -0.1) is 0 Å². The Kier molecular flexibility index (Phi) is 4.12. The summed E-state index contributed by atoms with van der Waals surface area (Å²) in [5.74, 6) is 0. The maximum absolute atomic E-state index is 10.5. The van der Waals surface area contributed by atoms with Crippen LogP contribution in [0.15, 0.2) is 22.7 Å². The summed E-state index contributed by atoms with van der Waals surface area (Å²) in [4.78, 5) is 10.5. The SMILES string of the molecule is CCOCc1cc(C=O)ccc1Br. The standard InChI is InChI=1S/C10H11BrO2/c1-2-13-7-9-5-8(6-12)3-4-10(9)11/h3-6H,2,7H2,1H3. The van der Waals surface area contributed by atoms with Crippen LogP contribution in [0.3, 0.4) is 0 Å². The summed E-state index contributed by atoms with van der Waals surface area (Å²) in [7, 11) is 0. The lowest BCUT2D eigenvalue weighted by atomic mass is 10.1. The van der Waals surface area contributed by atoms with Crippen molar-refractivity contribution in [3.63, 3.8) is 0 Å². The zero-order valence-corrected chi connectivity index (χ0v) is 9.00. The molecule has 2 nitrogen and oxygen atoms in total. The zero-order valence-electron chi connectivity index (χ0n) is 7.42. The lowest BCUT2D eigenvalue weighted by molar-refractivity contribution is 0.112. The van der Waals surface area contributed by atoms with Gasteiger partial charge in [-0.05, 0) is 24.6 Å². The Morgan fingerprint density at radius 2 is 2.31 bits per heavy atom. The average Bonchev–Trinajstić information content (AvgIpc) is 2.17. The summed E-state index contributed by atoms with van der Waals surface area (Å²) in [6.07, 6.45) is 0.835. The Labute approximate surface area is 86.0 Å². The van der Waals surface area contributed by atoms with E-state index in [-0.39, 0.29) is 0 Å². The van der Waals surface area contributed by atoms with Gasteiger partial charge in [0.15, 0.2) is 0 Å². The molecule has 0 aliphatic rings. The number of carbonyl (C=O) groups is 1. The van der Waals surface area contributed by atoms with Gasteiger partial charge in [0.2, 0.25) is 0 Å². The molecule has 0 aliphatic carbocycles. The van der Waals surface area contributed by atoms with Crippen molar-refractivity contribution in [2.24, 2.45) is 0 Å². The molecular weight excluding hydrogens is 232 g/mol. The second-order valence-corrected chi connectivity index (χ2v) is 3.46. The van der Waals surface area contributed by atoms with Crippen LogP contribution in [-0.4, -0.2) is 12.9 Å². The monoisotopic (exact) mass is 242 g/mol. The maximum atomic E-state index is 10.5. The van der Waals surface area contributed by atoms with Crippen molar-refractivity contribution in [3.8, 4) is 0 Å². The zero-order chi connectivity index (χ0) is 9.68. The molecule has 0 atom stereocenters.